The first-order valence-electron chi connectivity index (χ1n) is 4.33. The Labute approximate surface area is 66.8 Å². The summed E-state index contributed by atoms with van der Waals surface area (Å²) in [5.74, 6) is 0. The minimum absolute atomic E-state index is 0.341. The quantitative estimate of drug-likeness (QED) is 0.574. The van der Waals surface area contributed by atoms with E-state index in [0.717, 1.165) is 0 Å². The molecule has 0 aromatic heterocycles. The smallest absolute Gasteiger partial charge is 0.105 e. The van der Waals surface area contributed by atoms with E-state index in [-0.39, 0.29) is 17.9 Å². The van der Waals surface area contributed by atoms with Crippen LogP contribution in [-0.4, -0.2) is 31.0 Å². The van der Waals surface area contributed by atoms with E-state index in [1.807, 2.05) is 0 Å². The minimum atomic E-state index is -0.341. The molecule has 1 heterocycles. The Morgan fingerprint density at radius 3 is 1.70 bits per heavy atom. The number of hydrogen-bond acceptors (Lipinski definition) is 2. The fraction of sp³-hybridized carbons (Fsp3) is 1.00. The van der Waals surface area contributed by atoms with Crippen LogP contribution in [0.1, 0.15) is 13.8 Å². The molecule has 0 bridgehead atoms. The molecule has 1 saturated heterocycles. The summed E-state index contributed by atoms with van der Waals surface area (Å²) in [7, 11) is -0.682. The first kappa shape index (κ1) is 8.45. The molecule has 1 aliphatic heterocycles. The van der Waals surface area contributed by atoms with Gasteiger partial charge in [-0.1, -0.05) is 13.8 Å². The average molecular weight is 174 g/mol. The van der Waals surface area contributed by atoms with E-state index in [0.29, 0.717) is 0 Å². The highest BCUT2D eigenvalue weighted by molar-refractivity contribution is 6.92. The van der Waals surface area contributed by atoms with Gasteiger partial charge in [-0.3, -0.25) is 0 Å². The molecule has 1 fully saturated rings. The van der Waals surface area contributed by atoms with Gasteiger partial charge in [0.15, 0.2) is 0 Å². The summed E-state index contributed by atoms with van der Waals surface area (Å²) in [6.45, 7) is 6.83. The molecule has 1 rings (SSSR count). The van der Waals surface area contributed by atoms with Crippen LogP contribution in [0.2, 0.25) is 11.3 Å². The van der Waals surface area contributed by atoms with Gasteiger partial charge in [0.25, 0.3) is 0 Å². The maximum atomic E-state index is 3.60. The van der Waals surface area contributed by atoms with E-state index in [9.17, 15) is 0 Å². The van der Waals surface area contributed by atoms with Gasteiger partial charge in [-0.15, -0.1) is 0 Å². The predicted molar refractivity (Wildman–Crippen MR) is 51.3 cm³/mol. The van der Waals surface area contributed by atoms with Gasteiger partial charge in [0.1, 0.15) is 17.9 Å². The number of hydrogen-bond donors (Lipinski definition) is 2. The molecular weight excluding hydrogens is 156 g/mol. The second-order valence-electron chi connectivity index (χ2n) is 2.98. The molecule has 0 atom stereocenters. The van der Waals surface area contributed by atoms with Gasteiger partial charge in [-0.25, -0.2) is 0 Å². The van der Waals surface area contributed by atoms with Crippen molar-refractivity contribution in [1.82, 2.24) is 9.96 Å². The molecule has 4 heteroatoms. The van der Waals surface area contributed by atoms with Crippen molar-refractivity contribution in [3.05, 3.63) is 0 Å². The van der Waals surface area contributed by atoms with Crippen molar-refractivity contribution in [2.24, 2.45) is 0 Å². The maximum absolute atomic E-state index is 3.60. The fourth-order valence-corrected chi connectivity index (χ4v) is 10.3. The second kappa shape index (κ2) is 4.28. The van der Waals surface area contributed by atoms with Gasteiger partial charge in [-0.2, -0.15) is 0 Å². The van der Waals surface area contributed by atoms with Crippen LogP contribution in [0, 0.1) is 0 Å². The summed E-state index contributed by atoms with van der Waals surface area (Å²) < 4.78 is 0. The minimum Gasteiger partial charge on any atom is -0.340 e. The zero-order valence-corrected chi connectivity index (χ0v) is 9.29. The highest BCUT2D eigenvalue weighted by Gasteiger charge is 2.30. The number of nitrogens with one attached hydrogen (secondary N) is 2. The summed E-state index contributed by atoms with van der Waals surface area (Å²) in [6.07, 6.45) is 0. The maximum Gasteiger partial charge on any atom is 0.105 e. The molecule has 0 saturated carbocycles. The van der Waals surface area contributed by atoms with Crippen molar-refractivity contribution in [1.29, 1.82) is 0 Å². The van der Waals surface area contributed by atoms with Crippen molar-refractivity contribution in [3.8, 4) is 0 Å². The van der Waals surface area contributed by atoms with Gasteiger partial charge in [0.05, 0.1) is 0 Å². The first-order chi connectivity index (χ1) is 4.86. The van der Waals surface area contributed by atoms with E-state index in [2.05, 4.69) is 23.8 Å². The summed E-state index contributed by atoms with van der Waals surface area (Å²) in [5.41, 5.74) is 3.20. The third-order valence-corrected chi connectivity index (χ3v) is 13.2. The van der Waals surface area contributed by atoms with E-state index < -0.39 is 0 Å². The van der Waals surface area contributed by atoms with E-state index >= 15 is 0 Å². The summed E-state index contributed by atoms with van der Waals surface area (Å²) in [5, 5.41) is 0. The first-order valence-corrected chi connectivity index (χ1v) is 8.75. The van der Waals surface area contributed by atoms with Crippen molar-refractivity contribution in [2.75, 3.05) is 13.1 Å². The van der Waals surface area contributed by atoms with Crippen LogP contribution in [0.15, 0.2) is 0 Å². The van der Waals surface area contributed by atoms with Crippen LogP contribution in [0.25, 0.3) is 0 Å². The molecular formula is C6H18N2Si2. The molecule has 60 valence electrons. The molecule has 0 spiro atoms. The zero-order valence-electron chi connectivity index (χ0n) is 6.98. The molecule has 0 aromatic carbocycles. The SMILES string of the molecule is CCN[SiH]1C[SiH](NCC)C1. The molecule has 0 aliphatic carbocycles. The van der Waals surface area contributed by atoms with Gasteiger partial charge in [0.2, 0.25) is 0 Å². The Kier molecular flexibility index (Phi) is 3.61. The molecule has 0 amide bonds. The van der Waals surface area contributed by atoms with Gasteiger partial charge < -0.3 is 9.96 Å². The summed E-state index contributed by atoms with van der Waals surface area (Å²) >= 11 is 0. The molecule has 2 N–H and O–H groups in total. The molecule has 0 radical (unpaired) electrons. The highest BCUT2D eigenvalue weighted by atomic mass is 28.4. The zero-order chi connectivity index (χ0) is 7.40. The molecule has 1 aliphatic rings. The topological polar surface area (TPSA) is 24.1 Å². The Bertz CT molecular complexity index is 83.7. The average Bonchev–Trinajstić information content (AvgIpc) is 1.84. The lowest BCUT2D eigenvalue weighted by atomic mass is 10.8. The van der Waals surface area contributed by atoms with Crippen LogP contribution < -0.4 is 9.96 Å². The van der Waals surface area contributed by atoms with Crippen LogP contribution in [-0.2, 0) is 0 Å². The highest BCUT2D eigenvalue weighted by Crippen LogP contribution is 2.14. The molecule has 0 unspecified atom stereocenters. The predicted octanol–water partition coefficient (Wildman–Crippen LogP) is -0.255. The van der Waals surface area contributed by atoms with Crippen LogP contribution >= 0.6 is 0 Å². The Hall–Kier alpha value is 0.354. The van der Waals surface area contributed by atoms with Gasteiger partial charge >= 0.3 is 0 Å². The van der Waals surface area contributed by atoms with E-state index in [4.69, 9.17) is 0 Å². The van der Waals surface area contributed by atoms with Crippen LogP contribution in [0.4, 0.5) is 0 Å². The third-order valence-electron chi connectivity index (χ3n) is 2.12. The summed E-state index contributed by atoms with van der Waals surface area (Å²) in [6, 6.07) is 0. The Morgan fingerprint density at radius 2 is 1.40 bits per heavy atom. The summed E-state index contributed by atoms with van der Waals surface area (Å²) in [4.78, 5) is 7.21. The van der Waals surface area contributed by atoms with Crippen molar-refractivity contribution >= 4 is 17.9 Å². The lowest BCUT2D eigenvalue weighted by Gasteiger charge is -2.33. The van der Waals surface area contributed by atoms with Gasteiger partial charge in [0, 0.05) is 0 Å². The van der Waals surface area contributed by atoms with Crippen molar-refractivity contribution < 1.29 is 0 Å². The van der Waals surface area contributed by atoms with E-state index in [1.54, 1.807) is 11.3 Å². The molecule has 2 nitrogen and oxygen atoms in total. The van der Waals surface area contributed by atoms with Crippen LogP contribution in [0.5, 0.6) is 0 Å². The van der Waals surface area contributed by atoms with Crippen LogP contribution in [0.3, 0.4) is 0 Å². The number of rotatable bonds is 4. The van der Waals surface area contributed by atoms with Crippen molar-refractivity contribution in [2.45, 2.75) is 25.2 Å². The lowest BCUT2D eigenvalue weighted by Crippen LogP contribution is -2.56. The Balaban J connectivity index is 1.95. The van der Waals surface area contributed by atoms with Crippen molar-refractivity contribution in [3.63, 3.8) is 0 Å². The third kappa shape index (κ3) is 2.19. The van der Waals surface area contributed by atoms with Gasteiger partial charge in [-0.05, 0) is 24.4 Å². The van der Waals surface area contributed by atoms with E-state index in [1.165, 1.54) is 13.1 Å². The lowest BCUT2D eigenvalue weighted by molar-refractivity contribution is 0.935. The molecule has 0 aromatic rings. The monoisotopic (exact) mass is 174 g/mol. The second-order valence-corrected chi connectivity index (χ2v) is 10.4. The normalized spacial score (nSPS) is 31.8. The standard InChI is InChI=1S/C6H18N2Si2/c1-3-7-9-5-10(6-9)8-4-2/h7-10H,3-6H2,1-2H3. The largest absolute Gasteiger partial charge is 0.340 e. The Morgan fingerprint density at radius 1 is 1.00 bits per heavy atom. The fourth-order valence-electron chi connectivity index (χ4n) is 1.53. The molecule has 10 heavy (non-hydrogen) atoms.